The Labute approximate surface area is 122 Å². The number of aryl methyl sites for hydroxylation is 1. The molecule has 0 amide bonds. The fraction of sp³-hybridized carbons (Fsp3) is 0.333. The number of halogens is 3. The fourth-order valence-electron chi connectivity index (χ4n) is 1.56. The molecule has 2 heterocycles. The molecule has 0 unspecified atom stereocenters. The van der Waals surface area contributed by atoms with Gasteiger partial charge in [0, 0.05) is 18.0 Å². The summed E-state index contributed by atoms with van der Waals surface area (Å²) in [4.78, 5) is 25.3. The highest BCUT2D eigenvalue weighted by Gasteiger charge is 2.33. The monoisotopic (exact) mass is 316 g/mol. The average Bonchev–Trinajstić information content (AvgIpc) is 2.37. The highest BCUT2D eigenvalue weighted by Crippen LogP contribution is 2.33. The summed E-state index contributed by atoms with van der Waals surface area (Å²) in [6.07, 6.45) is -3.46. The number of thioether (sulfide) groups is 1. The fourth-order valence-corrected chi connectivity index (χ4v) is 2.38. The van der Waals surface area contributed by atoms with Crippen LogP contribution in [-0.2, 0) is 6.18 Å². The van der Waals surface area contributed by atoms with Crippen molar-refractivity contribution < 1.29 is 13.2 Å². The van der Waals surface area contributed by atoms with Crippen molar-refractivity contribution in [3.8, 4) is 0 Å². The summed E-state index contributed by atoms with van der Waals surface area (Å²) in [5, 5.41) is -0.414. The van der Waals surface area contributed by atoms with Crippen LogP contribution in [0.25, 0.3) is 0 Å². The maximum atomic E-state index is 12.6. The zero-order valence-electron chi connectivity index (χ0n) is 11.1. The van der Waals surface area contributed by atoms with Gasteiger partial charge in [-0.25, -0.2) is 15.0 Å². The predicted molar refractivity (Wildman–Crippen MR) is 70.9 cm³/mol. The summed E-state index contributed by atoms with van der Waals surface area (Å²) < 4.78 is 37.7. The van der Waals surface area contributed by atoms with E-state index in [1.165, 1.54) is 6.07 Å². The van der Waals surface area contributed by atoms with Crippen molar-refractivity contribution in [2.75, 3.05) is 0 Å². The Morgan fingerprint density at radius 1 is 1.33 bits per heavy atom. The molecule has 1 N–H and O–H groups in total. The molecule has 1 atom stereocenters. The van der Waals surface area contributed by atoms with E-state index in [9.17, 15) is 18.0 Å². The highest BCUT2D eigenvalue weighted by molar-refractivity contribution is 7.99. The standard InChI is InChI=1S/C12H11F3N4OS/c1-6-5-9(20)19-10(17-6)7(2)21-11-16-4-3-8(18-11)12(13,14)15/h3-5,7H,1-2H3,(H,17,19,20)/t7-/m1/s1. The van der Waals surface area contributed by atoms with Crippen LogP contribution in [0.5, 0.6) is 0 Å². The molecule has 9 heteroatoms. The Morgan fingerprint density at radius 2 is 2.05 bits per heavy atom. The van der Waals surface area contributed by atoms with E-state index in [1.807, 2.05) is 0 Å². The molecule has 0 spiro atoms. The van der Waals surface area contributed by atoms with E-state index in [0.29, 0.717) is 11.5 Å². The SMILES string of the molecule is Cc1cc(=O)[nH]c([C@@H](C)Sc2nccc(C(F)(F)F)n2)n1. The zero-order chi connectivity index (χ0) is 15.6. The minimum Gasteiger partial charge on any atom is -0.310 e. The van der Waals surface area contributed by atoms with E-state index in [0.717, 1.165) is 24.0 Å². The zero-order valence-corrected chi connectivity index (χ0v) is 11.9. The number of nitrogens with zero attached hydrogens (tertiary/aromatic N) is 3. The second kappa shape index (κ2) is 5.84. The lowest BCUT2D eigenvalue weighted by Crippen LogP contribution is -2.13. The number of alkyl halides is 3. The molecule has 2 aromatic rings. The second-order valence-corrected chi connectivity index (χ2v) is 5.56. The molecule has 21 heavy (non-hydrogen) atoms. The molecule has 0 bridgehead atoms. The van der Waals surface area contributed by atoms with Crippen LogP contribution in [0.15, 0.2) is 28.3 Å². The van der Waals surface area contributed by atoms with Gasteiger partial charge in [0.1, 0.15) is 11.5 Å². The third-order valence-corrected chi connectivity index (χ3v) is 3.46. The first-order chi connectivity index (χ1) is 9.75. The van der Waals surface area contributed by atoms with E-state index >= 15 is 0 Å². The van der Waals surface area contributed by atoms with Crippen molar-refractivity contribution in [2.45, 2.75) is 30.4 Å². The lowest BCUT2D eigenvalue weighted by Gasteiger charge is -2.11. The van der Waals surface area contributed by atoms with Gasteiger partial charge in [0.2, 0.25) is 0 Å². The van der Waals surface area contributed by atoms with Crippen LogP contribution in [0.4, 0.5) is 13.2 Å². The number of nitrogens with one attached hydrogen (secondary N) is 1. The van der Waals surface area contributed by atoms with Gasteiger partial charge in [-0.15, -0.1) is 0 Å². The van der Waals surface area contributed by atoms with Gasteiger partial charge < -0.3 is 4.98 Å². The van der Waals surface area contributed by atoms with Crippen molar-refractivity contribution in [1.82, 2.24) is 19.9 Å². The first-order valence-electron chi connectivity index (χ1n) is 5.90. The molecule has 0 aliphatic carbocycles. The molecular weight excluding hydrogens is 305 g/mol. The predicted octanol–water partition coefficient (Wildman–Crippen LogP) is 2.74. The number of aromatic amines is 1. The molecule has 0 fully saturated rings. The Bertz CT molecular complexity index is 701. The molecule has 0 saturated carbocycles. The Kier molecular flexibility index (Phi) is 4.31. The smallest absolute Gasteiger partial charge is 0.310 e. The van der Waals surface area contributed by atoms with Gasteiger partial charge in [0.05, 0.1) is 5.25 Å². The highest BCUT2D eigenvalue weighted by atomic mass is 32.2. The van der Waals surface area contributed by atoms with E-state index in [-0.39, 0.29) is 16.0 Å². The van der Waals surface area contributed by atoms with E-state index in [4.69, 9.17) is 0 Å². The van der Waals surface area contributed by atoms with Crippen LogP contribution in [-0.4, -0.2) is 19.9 Å². The minimum absolute atomic E-state index is 0.0264. The van der Waals surface area contributed by atoms with Crippen LogP contribution in [0.2, 0.25) is 0 Å². The summed E-state index contributed by atoms with van der Waals surface area (Å²) in [5.74, 6) is 0.367. The average molecular weight is 316 g/mol. The van der Waals surface area contributed by atoms with E-state index in [1.54, 1.807) is 13.8 Å². The number of rotatable bonds is 3. The van der Waals surface area contributed by atoms with Gasteiger partial charge in [0.15, 0.2) is 5.16 Å². The Balaban J connectivity index is 2.23. The Hall–Kier alpha value is -1.90. The van der Waals surface area contributed by atoms with Crippen LogP contribution < -0.4 is 5.56 Å². The first kappa shape index (κ1) is 15.5. The number of hydrogen-bond acceptors (Lipinski definition) is 5. The quantitative estimate of drug-likeness (QED) is 0.696. The molecule has 5 nitrogen and oxygen atoms in total. The van der Waals surface area contributed by atoms with Crippen molar-refractivity contribution in [2.24, 2.45) is 0 Å². The molecule has 0 aliphatic heterocycles. The Morgan fingerprint density at radius 3 is 2.67 bits per heavy atom. The van der Waals surface area contributed by atoms with Gasteiger partial charge in [-0.3, -0.25) is 4.79 Å². The molecule has 0 radical (unpaired) electrons. The van der Waals surface area contributed by atoms with Crippen molar-refractivity contribution in [1.29, 1.82) is 0 Å². The van der Waals surface area contributed by atoms with Crippen LogP contribution >= 0.6 is 11.8 Å². The molecule has 112 valence electrons. The van der Waals surface area contributed by atoms with Crippen molar-refractivity contribution >= 4 is 11.8 Å². The second-order valence-electron chi connectivity index (χ2n) is 4.25. The van der Waals surface area contributed by atoms with Gasteiger partial charge in [-0.2, -0.15) is 13.2 Å². The summed E-state index contributed by atoms with van der Waals surface area (Å²) in [7, 11) is 0. The normalized spacial score (nSPS) is 13.2. The summed E-state index contributed by atoms with van der Waals surface area (Å²) in [6, 6.07) is 2.14. The summed E-state index contributed by atoms with van der Waals surface area (Å²) in [5.41, 5.74) is -0.779. The lowest BCUT2D eigenvalue weighted by atomic mass is 10.4. The molecule has 0 saturated heterocycles. The molecule has 0 aliphatic rings. The molecule has 0 aromatic carbocycles. The summed E-state index contributed by atoms with van der Waals surface area (Å²) in [6.45, 7) is 3.36. The topological polar surface area (TPSA) is 71.5 Å². The first-order valence-corrected chi connectivity index (χ1v) is 6.78. The molecular formula is C12H11F3N4OS. The van der Waals surface area contributed by atoms with Crippen molar-refractivity contribution in [3.05, 3.63) is 45.9 Å². The molecule has 2 rings (SSSR count). The largest absolute Gasteiger partial charge is 0.433 e. The van der Waals surface area contributed by atoms with Crippen LogP contribution in [0, 0.1) is 6.92 Å². The van der Waals surface area contributed by atoms with Gasteiger partial charge >= 0.3 is 6.18 Å². The third-order valence-electron chi connectivity index (χ3n) is 2.48. The number of aromatic nitrogens is 4. The number of hydrogen-bond donors (Lipinski definition) is 1. The minimum atomic E-state index is -4.52. The molecule has 2 aromatic heterocycles. The third kappa shape index (κ3) is 4.03. The van der Waals surface area contributed by atoms with E-state index < -0.39 is 11.9 Å². The van der Waals surface area contributed by atoms with E-state index in [2.05, 4.69) is 19.9 Å². The summed E-state index contributed by atoms with van der Waals surface area (Å²) >= 11 is 0.989. The van der Waals surface area contributed by atoms with Crippen LogP contribution in [0.1, 0.15) is 29.4 Å². The lowest BCUT2D eigenvalue weighted by molar-refractivity contribution is -0.141. The van der Waals surface area contributed by atoms with Gasteiger partial charge in [0.25, 0.3) is 5.56 Å². The van der Waals surface area contributed by atoms with Crippen LogP contribution in [0.3, 0.4) is 0 Å². The van der Waals surface area contributed by atoms with Gasteiger partial charge in [-0.05, 0) is 19.9 Å². The van der Waals surface area contributed by atoms with Crippen molar-refractivity contribution in [3.63, 3.8) is 0 Å². The van der Waals surface area contributed by atoms with Gasteiger partial charge in [-0.1, -0.05) is 11.8 Å². The maximum absolute atomic E-state index is 12.6. The number of H-pyrrole nitrogens is 1. The maximum Gasteiger partial charge on any atom is 0.433 e.